The molecule has 1 aromatic heterocycles. The summed E-state index contributed by atoms with van der Waals surface area (Å²) in [6.07, 6.45) is 0. The highest BCUT2D eigenvalue weighted by Gasteiger charge is 2.51. The lowest BCUT2D eigenvalue weighted by Crippen LogP contribution is -2.32. The highest BCUT2D eigenvalue weighted by atomic mass is 35.6. The van der Waals surface area contributed by atoms with Gasteiger partial charge in [-0.15, -0.1) is 5.10 Å². The molecule has 0 aliphatic carbocycles. The quantitative estimate of drug-likeness (QED) is 0.790. The van der Waals surface area contributed by atoms with Crippen molar-refractivity contribution in [2.75, 3.05) is 0 Å². The Labute approximate surface area is 119 Å². The molecular formula is C8H10Cl5N3. The fraction of sp³-hybridized carbons (Fsp3) is 0.750. The number of aromatic nitrogens is 3. The van der Waals surface area contributed by atoms with Crippen molar-refractivity contribution < 1.29 is 0 Å². The summed E-state index contributed by atoms with van der Waals surface area (Å²) in [5.41, 5.74) is 0.542. The molecule has 0 aliphatic rings. The molecule has 1 rings (SSSR count). The summed E-state index contributed by atoms with van der Waals surface area (Å²) in [4.78, 5) is 0. The molecule has 0 unspecified atom stereocenters. The van der Waals surface area contributed by atoms with Gasteiger partial charge in [-0.3, -0.25) is 5.10 Å². The molecule has 0 aliphatic heterocycles. The normalized spacial score (nSPS) is 14.2. The Morgan fingerprint density at radius 2 is 1.50 bits per heavy atom. The van der Waals surface area contributed by atoms with Crippen molar-refractivity contribution >= 4 is 58.0 Å². The molecule has 16 heavy (non-hydrogen) atoms. The van der Waals surface area contributed by atoms with Crippen molar-refractivity contribution in [3.05, 3.63) is 11.4 Å². The summed E-state index contributed by atoms with van der Waals surface area (Å²) >= 11 is 29.3. The number of halogens is 5. The molecule has 3 nitrogen and oxygen atoms in total. The number of hydrogen-bond donors (Lipinski definition) is 1. The monoisotopic (exact) mass is 323 g/mol. The first-order chi connectivity index (χ1) is 6.98. The second-order valence-electron chi connectivity index (χ2n) is 4.36. The Morgan fingerprint density at radius 3 is 1.88 bits per heavy atom. The van der Waals surface area contributed by atoms with Crippen LogP contribution in [0.15, 0.2) is 0 Å². The Morgan fingerprint density at radius 1 is 1.00 bits per heavy atom. The number of nitrogens with one attached hydrogen (secondary N) is 1. The van der Waals surface area contributed by atoms with Gasteiger partial charge in [0.05, 0.1) is 11.4 Å². The molecule has 0 bridgehead atoms. The van der Waals surface area contributed by atoms with Crippen LogP contribution in [0.4, 0.5) is 0 Å². The highest BCUT2D eigenvalue weighted by molar-refractivity contribution is 6.75. The van der Waals surface area contributed by atoms with E-state index in [0.29, 0.717) is 11.4 Å². The van der Waals surface area contributed by atoms with Crippen LogP contribution >= 0.6 is 58.0 Å². The fourth-order valence-corrected chi connectivity index (χ4v) is 1.66. The SMILES string of the molecule is CC(C)(C)c1nn[nH]c1C(Cl)(Cl)C(Cl)(Cl)Cl. The van der Waals surface area contributed by atoms with Crippen molar-refractivity contribution in [1.82, 2.24) is 15.4 Å². The van der Waals surface area contributed by atoms with Gasteiger partial charge >= 0.3 is 0 Å². The smallest absolute Gasteiger partial charge is 0.228 e. The summed E-state index contributed by atoms with van der Waals surface area (Å²) in [6, 6.07) is 0. The number of aromatic amines is 1. The zero-order valence-electron chi connectivity index (χ0n) is 8.78. The summed E-state index contributed by atoms with van der Waals surface area (Å²) in [7, 11) is 0. The van der Waals surface area contributed by atoms with Crippen molar-refractivity contribution in [2.24, 2.45) is 0 Å². The van der Waals surface area contributed by atoms with Gasteiger partial charge in [0, 0.05) is 5.41 Å². The number of alkyl halides is 5. The minimum absolute atomic E-state index is 0.295. The van der Waals surface area contributed by atoms with Crippen LogP contribution in [0.25, 0.3) is 0 Å². The first kappa shape index (κ1) is 14.7. The van der Waals surface area contributed by atoms with E-state index in [1.165, 1.54) is 0 Å². The molecule has 0 radical (unpaired) electrons. The van der Waals surface area contributed by atoms with E-state index in [2.05, 4.69) is 15.4 Å². The second kappa shape index (κ2) is 4.36. The van der Waals surface area contributed by atoms with E-state index >= 15 is 0 Å². The molecule has 0 aromatic carbocycles. The number of hydrogen-bond acceptors (Lipinski definition) is 2. The Kier molecular flexibility index (Phi) is 3.99. The zero-order valence-corrected chi connectivity index (χ0v) is 12.6. The van der Waals surface area contributed by atoms with Gasteiger partial charge in [-0.05, 0) is 0 Å². The van der Waals surface area contributed by atoms with Gasteiger partial charge in [-0.25, -0.2) is 0 Å². The molecule has 0 saturated carbocycles. The van der Waals surface area contributed by atoms with E-state index in [1.54, 1.807) is 0 Å². The molecule has 92 valence electrons. The average molecular weight is 325 g/mol. The first-order valence-corrected chi connectivity index (χ1v) is 6.23. The van der Waals surface area contributed by atoms with Crippen molar-refractivity contribution in [2.45, 2.75) is 34.3 Å². The third-order valence-corrected chi connectivity index (χ3v) is 4.30. The lowest BCUT2D eigenvalue weighted by Gasteiger charge is -2.28. The molecule has 1 heterocycles. The maximum Gasteiger partial charge on any atom is 0.228 e. The van der Waals surface area contributed by atoms with Crippen LogP contribution in [0, 0.1) is 0 Å². The lowest BCUT2D eigenvalue weighted by molar-refractivity contribution is 0.556. The summed E-state index contributed by atoms with van der Waals surface area (Å²) in [5, 5.41) is 10.1. The fourth-order valence-electron chi connectivity index (χ4n) is 1.11. The van der Waals surface area contributed by atoms with Gasteiger partial charge in [0.15, 0.2) is 0 Å². The Hall–Kier alpha value is 0.590. The zero-order chi connectivity index (χ0) is 12.8. The van der Waals surface area contributed by atoms with E-state index in [9.17, 15) is 0 Å². The summed E-state index contributed by atoms with van der Waals surface area (Å²) in [6.45, 7) is 5.78. The average Bonchev–Trinajstić information content (AvgIpc) is 2.47. The first-order valence-electron chi connectivity index (χ1n) is 4.34. The molecule has 0 fully saturated rings. The van der Waals surface area contributed by atoms with Gasteiger partial charge in [-0.1, -0.05) is 84.0 Å². The molecule has 0 atom stereocenters. The van der Waals surface area contributed by atoms with Crippen LogP contribution in [0.3, 0.4) is 0 Å². The van der Waals surface area contributed by atoms with Crippen LogP contribution in [-0.4, -0.2) is 19.2 Å². The van der Waals surface area contributed by atoms with Crippen LogP contribution in [0.2, 0.25) is 0 Å². The van der Waals surface area contributed by atoms with Gasteiger partial charge in [0.1, 0.15) is 0 Å². The Bertz CT molecular complexity index is 374. The van der Waals surface area contributed by atoms with E-state index in [0.717, 1.165) is 0 Å². The van der Waals surface area contributed by atoms with Crippen molar-refractivity contribution in [3.8, 4) is 0 Å². The summed E-state index contributed by atoms with van der Waals surface area (Å²) < 4.78 is -3.62. The van der Waals surface area contributed by atoms with Crippen LogP contribution in [0.5, 0.6) is 0 Å². The van der Waals surface area contributed by atoms with Gasteiger partial charge < -0.3 is 0 Å². The second-order valence-corrected chi connectivity index (χ2v) is 7.97. The third-order valence-electron chi connectivity index (χ3n) is 1.93. The van der Waals surface area contributed by atoms with Crippen LogP contribution in [-0.2, 0) is 9.75 Å². The van der Waals surface area contributed by atoms with Crippen LogP contribution < -0.4 is 0 Å². The maximum atomic E-state index is 6.05. The predicted octanol–water partition coefficient (Wildman–Crippen LogP) is 4.10. The molecular weight excluding hydrogens is 315 g/mol. The van der Waals surface area contributed by atoms with E-state index in [1.807, 2.05) is 20.8 Å². The van der Waals surface area contributed by atoms with Crippen LogP contribution in [0.1, 0.15) is 32.2 Å². The summed E-state index contributed by atoms with van der Waals surface area (Å²) in [5.74, 6) is 0. The topological polar surface area (TPSA) is 41.6 Å². The molecule has 0 amide bonds. The molecule has 8 heteroatoms. The lowest BCUT2D eigenvalue weighted by atomic mass is 9.90. The number of nitrogens with zero attached hydrogens (tertiary/aromatic N) is 2. The minimum Gasteiger partial charge on any atom is -0.259 e. The predicted molar refractivity (Wildman–Crippen MR) is 68.8 cm³/mol. The minimum atomic E-state index is -1.88. The maximum absolute atomic E-state index is 6.05. The van der Waals surface area contributed by atoms with E-state index in [4.69, 9.17) is 58.0 Å². The van der Waals surface area contributed by atoms with Gasteiger partial charge in [-0.2, -0.15) is 0 Å². The van der Waals surface area contributed by atoms with Crippen molar-refractivity contribution in [1.29, 1.82) is 0 Å². The number of H-pyrrole nitrogens is 1. The highest BCUT2D eigenvalue weighted by Crippen LogP contribution is 2.53. The molecule has 0 saturated heterocycles. The van der Waals surface area contributed by atoms with E-state index in [-0.39, 0.29) is 5.41 Å². The molecule has 0 spiro atoms. The Balaban J connectivity index is 3.31. The molecule has 1 aromatic rings. The van der Waals surface area contributed by atoms with Gasteiger partial charge in [0.25, 0.3) is 0 Å². The van der Waals surface area contributed by atoms with E-state index < -0.39 is 8.13 Å². The van der Waals surface area contributed by atoms with Gasteiger partial charge in [0.2, 0.25) is 8.13 Å². The standard InChI is InChI=1S/C8H10Cl5N3/c1-6(2,3)4-5(15-16-14-4)7(9,10)8(11,12)13/h1-3H3,(H,14,15,16). The third kappa shape index (κ3) is 2.70. The van der Waals surface area contributed by atoms with Crippen molar-refractivity contribution in [3.63, 3.8) is 0 Å². The largest absolute Gasteiger partial charge is 0.259 e. The molecule has 1 N–H and O–H groups in total. The number of rotatable bonds is 1.